The molecule has 15 heteroatoms. The molecular formula is C29H28BrFN6O6S. The van der Waals surface area contributed by atoms with Gasteiger partial charge in [-0.05, 0) is 30.2 Å². The summed E-state index contributed by atoms with van der Waals surface area (Å²) in [6, 6.07) is 8.01. The SMILES string of the molecule is CCOC(=O)C1=C(CN2CCN(C(C(=O)O)c3cccc([N+](=O)[O-])c3)CC2)NC(c2nccs2)=NC1c1ccc(F)cc1Br. The molecule has 0 radical (unpaired) electrons. The van der Waals surface area contributed by atoms with Crippen LogP contribution in [0.2, 0.25) is 0 Å². The fourth-order valence-corrected chi connectivity index (χ4v) is 6.44. The third-order valence-corrected chi connectivity index (χ3v) is 8.76. The Morgan fingerprint density at radius 2 is 2.02 bits per heavy atom. The summed E-state index contributed by atoms with van der Waals surface area (Å²) in [5, 5.41) is 27.0. The molecule has 2 atom stereocenters. The molecule has 2 aliphatic heterocycles. The molecule has 2 aliphatic rings. The molecule has 1 saturated heterocycles. The van der Waals surface area contributed by atoms with Gasteiger partial charge in [0.15, 0.2) is 10.8 Å². The first-order chi connectivity index (χ1) is 21.2. The minimum Gasteiger partial charge on any atom is -0.480 e. The Morgan fingerprint density at radius 3 is 2.66 bits per heavy atom. The number of amidine groups is 1. The molecule has 1 fully saturated rings. The fraction of sp³-hybridized carbons (Fsp3) is 0.310. The summed E-state index contributed by atoms with van der Waals surface area (Å²) < 4.78 is 19.9. The van der Waals surface area contributed by atoms with E-state index in [2.05, 4.69) is 31.1 Å². The molecule has 230 valence electrons. The maximum Gasteiger partial charge on any atom is 0.338 e. The van der Waals surface area contributed by atoms with Crippen molar-refractivity contribution < 1.29 is 28.7 Å². The summed E-state index contributed by atoms with van der Waals surface area (Å²) in [5.41, 5.74) is 1.56. The first-order valence-electron chi connectivity index (χ1n) is 13.7. The van der Waals surface area contributed by atoms with E-state index in [0.717, 1.165) is 0 Å². The second-order valence-electron chi connectivity index (χ2n) is 10.0. The van der Waals surface area contributed by atoms with Crippen molar-refractivity contribution in [2.45, 2.75) is 19.0 Å². The number of nitro groups is 1. The highest BCUT2D eigenvalue weighted by molar-refractivity contribution is 9.10. The zero-order valence-electron chi connectivity index (χ0n) is 23.5. The molecule has 0 aliphatic carbocycles. The number of nitro benzene ring substituents is 1. The van der Waals surface area contributed by atoms with E-state index in [1.807, 2.05) is 5.38 Å². The van der Waals surface area contributed by atoms with E-state index in [0.29, 0.717) is 58.3 Å². The van der Waals surface area contributed by atoms with Gasteiger partial charge in [0, 0.05) is 66.6 Å². The quantitative estimate of drug-likeness (QED) is 0.179. The number of aliphatic carboxylic acids is 1. The molecule has 0 saturated carbocycles. The third kappa shape index (κ3) is 6.85. The average molecular weight is 688 g/mol. The molecule has 3 heterocycles. The van der Waals surface area contributed by atoms with Gasteiger partial charge in [0.25, 0.3) is 5.69 Å². The van der Waals surface area contributed by atoms with Gasteiger partial charge in [0.05, 0.1) is 17.1 Å². The number of carboxylic acid groups (broad SMARTS) is 1. The Bertz CT molecular complexity index is 1630. The van der Waals surface area contributed by atoms with Crippen molar-refractivity contribution in [3.05, 3.63) is 102 Å². The lowest BCUT2D eigenvalue weighted by atomic mass is 9.95. The predicted molar refractivity (Wildman–Crippen MR) is 164 cm³/mol. The number of nitrogens with one attached hydrogen (secondary N) is 1. The van der Waals surface area contributed by atoms with Crippen LogP contribution in [0.15, 0.2) is 74.8 Å². The van der Waals surface area contributed by atoms with Gasteiger partial charge in [0.2, 0.25) is 0 Å². The third-order valence-electron chi connectivity index (χ3n) is 7.30. The van der Waals surface area contributed by atoms with Crippen LogP contribution >= 0.6 is 27.3 Å². The minimum absolute atomic E-state index is 0.142. The summed E-state index contributed by atoms with van der Waals surface area (Å²) in [6.07, 6.45) is 1.65. The van der Waals surface area contributed by atoms with E-state index in [4.69, 9.17) is 9.73 Å². The van der Waals surface area contributed by atoms with Gasteiger partial charge in [-0.3, -0.25) is 29.7 Å². The number of thiazole rings is 1. The minimum atomic E-state index is -1.10. The van der Waals surface area contributed by atoms with Gasteiger partial charge in [-0.25, -0.2) is 14.2 Å². The van der Waals surface area contributed by atoms with Gasteiger partial charge in [-0.15, -0.1) is 11.3 Å². The number of rotatable bonds is 10. The normalized spacial score (nSPS) is 18.3. The molecule has 12 nitrogen and oxygen atoms in total. The molecule has 5 rings (SSSR count). The molecule has 3 aromatic rings. The highest BCUT2D eigenvalue weighted by atomic mass is 79.9. The lowest BCUT2D eigenvalue weighted by Gasteiger charge is -2.39. The van der Waals surface area contributed by atoms with Crippen LogP contribution in [0.3, 0.4) is 0 Å². The number of carbonyl (C=O) groups is 2. The van der Waals surface area contributed by atoms with E-state index >= 15 is 0 Å². The Hall–Kier alpha value is -4.05. The van der Waals surface area contributed by atoms with Crippen LogP contribution < -0.4 is 5.32 Å². The van der Waals surface area contributed by atoms with E-state index in [-0.39, 0.29) is 24.4 Å². The second kappa shape index (κ2) is 13.7. The molecule has 44 heavy (non-hydrogen) atoms. The lowest BCUT2D eigenvalue weighted by molar-refractivity contribution is -0.384. The molecule has 2 N–H and O–H groups in total. The number of non-ortho nitro benzene ring substituents is 1. The average Bonchev–Trinajstić information content (AvgIpc) is 3.53. The number of piperazine rings is 1. The first kappa shape index (κ1) is 31.4. The number of aromatic nitrogens is 1. The van der Waals surface area contributed by atoms with E-state index in [9.17, 15) is 29.2 Å². The van der Waals surface area contributed by atoms with Gasteiger partial charge < -0.3 is 15.2 Å². The number of ether oxygens (including phenoxy) is 1. The largest absolute Gasteiger partial charge is 0.480 e. The van der Waals surface area contributed by atoms with E-state index < -0.39 is 34.8 Å². The molecular weight excluding hydrogens is 659 g/mol. The monoisotopic (exact) mass is 686 g/mol. The Kier molecular flexibility index (Phi) is 9.78. The van der Waals surface area contributed by atoms with Crippen molar-refractivity contribution in [2.24, 2.45) is 4.99 Å². The van der Waals surface area contributed by atoms with Crippen molar-refractivity contribution in [1.82, 2.24) is 20.1 Å². The Morgan fingerprint density at radius 1 is 1.25 bits per heavy atom. The highest BCUT2D eigenvalue weighted by Gasteiger charge is 2.36. The molecule has 2 aromatic carbocycles. The maximum absolute atomic E-state index is 14.0. The van der Waals surface area contributed by atoms with E-state index in [1.165, 1.54) is 41.7 Å². The summed E-state index contributed by atoms with van der Waals surface area (Å²) >= 11 is 4.81. The molecule has 0 spiro atoms. The predicted octanol–water partition coefficient (Wildman–Crippen LogP) is 4.30. The topological polar surface area (TPSA) is 150 Å². The number of carboxylic acids is 1. The van der Waals surface area contributed by atoms with Crippen LogP contribution in [-0.2, 0) is 14.3 Å². The first-order valence-corrected chi connectivity index (χ1v) is 15.4. The Labute approximate surface area is 264 Å². The number of esters is 1. The number of halogens is 2. The zero-order valence-corrected chi connectivity index (χ0v) is 25.9. The lowest BCUT2D eigenvalue weighted by Crippen LogP contribution is -2.51. The second-order valence-corrected chi connectivity index (χ2v) is 11.8. The summed E-state index contributed by atoms with van der Waals surface area (Å²) in [4.78, 5) is 49.5. The van der Waals surface area contributed by atoms with Crippen molar-refractivity contribution in [2.75, 3.05) is 39.3 Å². The van der Waals surface area contributed by atoms with Crippen LogP contribution in [0.25, 0.3) is 0 Å². The summed E-state index contributed by atoms with van der Waals surface area (Å²) in [6.45, 7) is 3.77. The summed E-state index contributed by atoms with van der Waals surface area (Å²) in [5.74, 6) is -1.65. The summed E-state index contributed by atoms with van der Waals surface area (Å²) in [7, 11) is 0. The van der Waals surface area contributed by atoms with Gasteiger partial charge >= 0.3 is 11.9 Å². The molecule has 1 aromatic heterocycles. The van der Waals surface area contributed by atoms with Crippen LogP contribution in [0.5, 0.6) is 0 Å². The zero-order chi connectivity index (χ0) is 31.4. The fourth-order valence-electron chi connectivity index (χ4n) is 5.29. The number of benzene rings is 2. The van der Waals surface area contributed by atoms with Crippen LogP contribution in [0.4, 0.5) is 10.1 Å². The van der Waals surface area contributed by atoms with Crippen LogP contribution in [0.1, 0.15) is 35.1 Å². The van der Waals surface area contributed by atoms with Crippen LogP contribution in [0, 0.1) is 15.9 Å². The molecule has 0 amide bonds. The van der Waals surface area contributed by atoms with E-state index in [1.54, 1.807) is 30.2 Å². The van der Waals surface area contributed by atoms with Gasteiger partial charge in [-0.1, -0.05) is 34.1 Å². The maximum atomic E-state index is 14.0. The van der Waals surface area contributed by atoms with Crippen molar-refractivity contribution in [3.8, 4) is 0 Å². The number of hydrogen-bond acceptors (Lipinski definition) is 11. The van der Waals surface area contributed by atoms with Crippen molar-refractivity contribution >= 4 is 50.7 Å². The smallest absolute Gasteiger partial charge is 0.338 e. The standard InChI is InChI=1S/C29H28BrFN6O6S/c1-2-43-29(40)23-22(33-26(27-32-8-13-44-27)34-24(23)20-7-6-18(31)15-21(20)30)16-35-9-11-36(12-10-35)25(28(38)39)17-4-3-5-19(14-17)37(41)42/h3-8,13-15,24-25H,2,9-12,16H2,1H3,(H,33,34)(H,38,39). The number of aliphatic imine (C=N–C) groups is 1. The number of carbonyl (C=O) groups excluding carboxylic acids is 1. The molecule has 2 unspecified atom stereocenters. The Balaban J connectivity index is 1.43. The number of hydrogen-bond donors (Lipinski definition) is 2. The number of nitrogens with zero attached hydrogens (tertiary/aromatic N) is 5. The molecule has 0 bridgehead atoms. The van der Waals surface area contributed by atoms with Crippen LogP contribution in [-0.4, -0.2) is 81.9 Å². The van der Waals surface area contributed by atoms with Crippen molar-refractivity contribution in [3.63, 3.8) is 0 Å². The highest BCUT2D eigenvalue weighted by Crippen LogP contribution is 2.37. The van der Waals surface area contributed by atoms with Gasteiger partial charge in [-0.2, -0.15) is 0 Å². The van der Waals surface area contributed by atoms with Crippen molar-refractivity contribution in [1.29, 1.82) is 0 Å². The van der Waals surface area contributed by atoms with Gasteiger partial charge in [0.1, 0.15) is 17.9 Å².